The van der Waals surface area contributed by atoms with Crippen molar-refractivity contribution in [3.63, 3.8) is 0 Å². The Kier molecular flexibility index (Phi) is 3.66. The van der Waals surface area contributed by atoms with Gasteiger partial charge in [0.25, 0.3) is 0 Å². The molecule has 0 aliphatic heterocycles. The van der Waals surface area contributed by atoms with E-state index in [0.29, 0.717) is 6.04 Å². The van der Waals surface area contributed by atoms with Crippen LogP contribution in [0.15, 0.2) is 0 Å². The molecule has 2 N–H and O–H groups in total. The maximum Gasteiger partial charge on any atom is 0.174 e. The van der Waals surface area contributed by atoms with Gasteiger partial charge in [-0.1, -0.05) is 19.1 Å². The molecule has 0 spiro atoms. The third-order valence-corrected chi connectivity index (χ3v) is 1.52. The number of aryl methyl sites for hydroxylation is 1. The summed E-state index contributed by atoms with van der Waals surface area (Å²) >= 11 is 0. The molecule has 1 rings (SSSR count). The minimum atomic E-state index is 0.551. The molecule has 0 fully saturated rings. The SMILES string of the molecule is CC(C)NCCCc1nn[nH]n1. The van der Waals surface area contributed by atoms with Crippen molar-refractivity contribution in [2.75, 3.05) is 6.54 Å². The van der Waals surface area contributed by atoms with Crippen molar-refractivity contribution in [3.8, 4) is 0 Å². The van der Waals surface area contributed by atoms with Gasteiger partial charge in [0.2, 0.25) is 0 Å². The fourth-order valence-corrected chi connectivity index (χ4v) is 0.926. The third kappa shape index (κ3) is 3.43. The largest absolute Gasteiger partial charge is 0.315 e. The van der Waals surface area contributed by atoms with Gasteiger partial charge in [-0.05, 0) is 13.0 Å². The Labute approximate surface area is 71.9 Å². The molecule has 1 heterocycles. The van der Waals surface area contributed by atoms with Gasteiger partial charge < -0.3 is 5.32 Å². The van der Waals surface area contributed by atoms with E-state index >= 15 is 0 Å². The molecule has 12 heavy (non-hydrogen) atoms. The van der Waals surface area contributed by atoms with Gasteiger partial charge in [-0.3, -0.25) is 0 Å². The van der Waals surface area contributed by atoms with E-state index in [2.05, 4.69) is 39.8 Å². The zero-order valence-electron chi connectivity index (χ0n) is 7.54. The Hall–Kier alpha value is -0.970. The number of nitrogens with zero attached hydrogens (tertiary/aromatic N) is 3. The summed E-state index contributed by atoms with van der Waals surface area (Å²) in [6, 6.07) is 0.551. The molecule has 0 unspecified atom stereocenters. The summed E-state index contributed by atoms with van der Waals surface area (Å²) in [5, 5.41) is 16.9. The van der Waals surface area contributed by atoms with Crippen LogP contribution in [0.2, 0.25) is 0 Å². The predicted molar refractivity (Wildman–Crippen MR) is 45.6 cm³/mol. The van der Waals surface area contributed by atoms with Crippen molar-refractivity contribution >= 4 is 0 Å². The molecule has 0 bridgehead atoms. The highest BCUT2D eigenvalue weighted by molar-refractivity contribution is 4.75. The minimum absolute atomic E-state index is 0.551. The van der Waals surface area contributed by atoms with Gasteiger partial charge >= 0.3 is 0 Å². The van der Waals surface area contributed by atoms with E-state index in [1.165, 1.54) is 0 Å². The van der Waals surface area contributed by atoms with E-state index in [1.807, 2.05) is 0 Å². The second kappa shape index (κ2) is 4.82. The van der Waals surface area contributed by atoms with Gasteiger partial charge in [-0.2, -0.15) is 5.21 Å². The van der Waals surface area contributed by atoms with Crippen LogP contribution in [0.25, 0.3) is 0 Å². The van der Waals surface area contributed by atoms with Crippen molar-refractivity contribution in [3.05, 3.63) is 5.82 Å². The second-order valence-corrected chi connectivity index (χ2v) is 3.04. The van der Waals surface area contributed by atoms with Crippen LogP contribution in [0.5, 0.6) is 0 Å². The average molecular weight is 169 g/mol. The lowest BCUT2D eigenvalue weighted by molar-refractivity contribution is 0.566. The van der Waals surface area contributed by atoms with E-state index in [-0.39, 0.29) is 0 Å². The first-order chi connectivity index (χ1) is 5.79. The van der Waals surface area contributed by atoms with Gasteiger partial charge in [-0.15, -0.1) is 10.2 Å². The molecule has 0 radical (unpaired) electrons. The third-order valence-electron chi connectivity index (χ3n) is 1.52. The average Bonchev–Trinajstić information content (AvgIpc) is 2.49. The van der Waals surface area contributed by atoms with Crippen LogP contribution >= 0.6 is 0 Å². The maximum atomic E-state index is 3.86. The molecule has 0 atom stereocenters. The normalized spacial score (nSPS) is 10.9. The van der Waals surface area contributed by atoms with E-state index in [9.17, 15) is 0 Å². The van der Waals surface area contributed by atoms with E-state index < -0.39 is 0 Å². The lowest BCUT2D eigenvalue weighted by atomic mass is 10.3. The fourth-order valence-electron chi connectivity index (χ4n) is 0.926. The highest BCUT2D eigenvalue weighted by Gasteiger charge is 1.97. The van der Waals surface area contributed by atoms with Gasteiger partial charge in [0.1, 0.15) is 0 Å². The summed E-state index contributed by atoms with van der Waals surface area (Å²) in [6.07, 6.45) is 1.94. The minimum Gasteiger partial charge on any atom is -0.315 e. The number of aromatic nitrogens is 4. The van der Waals surface area contributed by atoms with E-state index in [4.69, 9.17) is 0 Å². The second-order valence-electron chi connectivity index (χ2n) is 3.04. The summed E-state index contributed by atoms with van der Waals surface area (Å²) in [6.45, 7) is 5.27. The number of H-pyrrole nitrogens is 1. The molecular weight excluding hydrogens is 154 g/mol. The molecule has 0 amide bonds. The Balaban J connectivity index is 2.04. The quantitative estimate of drug-likeness (QED) is 0.615. The lowest BCUT2D eigenvalue weighted by Gasteiger charge is -2.05. The maximum absolute atomic E-state index is 3.86. The molecule has 0 aliphatic rings. The molecular formula is C7H15N5. The molecule has 5 nitrogen and oxygen atoms in total. The highest BCUT2D eigenvalue weighted by atomic mass is 15.5. The Morgan fingerprint density at radius 3 is 2.92 bits per heavy atom. The standard InChI is InChI=1S/C7H15N5/c1-6(2)8-5-3-4-7-9-11-12-10-7/h6,8H,3-5H2,1-2H3,(H,9,10,11,12). The number of rotatable bonds is 5. The van der Waals surface area contributed by atoms with Crippen LogP contribution in [0, 0.1) is 0 Å². The van der Waals surface area contributed by atoms with Crippen molar-refractivity contribution in [2.45, 2.75) is 32.7 Å². The summed E-state index contributed by atoms with van der Waals surface area (Å²) in [5.41, 5.74) is 0. The Bertz CT molecular complexity index is 194. The van der Waals surface area contributed by atoms with Crippen molar-refractivity contribution in [1.29, 1.82) is 0 Å². The van der Waals surface area contributed by atoms with Gasteiger partial charge in [-0.25, -0.2) is 0 Å². The summed E-state index contributed by atoms with van der Waals surface area (Å²) in [7, 11) is 0. The van der Waals surface area contributed by atoms with Crippen LogP contribution < -0.4 is 5.32 Å². The topological polar surface area (TPSA) is 66.5 Å². The Morgan fingerprint density at radius 1 is 1.50 bits per heavy atom. The van der Waals surface area contributed by atoms with E-state index in [0.717, 1.165) is 25.2 Å². The molecule has 1 aromatic heterocycles. The first-order valence-corrected chi connectivity index (χ1v) is 4.24. The molecule has 0 saturated heterocycles. The van der Waals surface area contributed by atoms with Crippen LogP contribution in [0.3, 0.4) is 0 Å². The van der Waals surface area contributed by atoms with Gasteiger partial charge in [0.15, 0.2) is 5.82 Å². The Morgan fingerprint density at radius 2 is 2.33 bits per heavy atom. The van der Waals surface area contributed by atoms with Crippen molar-refractivity contribution < 1.29 is 0 Å². The number of hydrogen-bond donors (Lipinski definition) is 2. The highest BCUT2D eigenvalue weighted by Crippen LogP contribution is 1.90. The van der Waals surface area contributed by atoms with Crippen LogP contribution in [0.1, 0.15) is 26.1 Å². The zero-order chi connectivity index (χ0) is 8.81. The predicted octanol–water partition coefficient (Wildman–Crippen LogP) is 0.130. The van der Waals surface area contributed by atoms with Crippen LogP contribution in [-0.2, 0) is 6.42 Å². The molecule has 0 saturated carbocycles. The molecule has 0 aromatic carbocycles. The van der Waals surface area contributed by atoms with Gasteiger partial charge in [0.05, 0.1) is 0 Å². The lowest BCUT2D eigenvalue weighted by Crippen LogP contribution is -2.24. The number of aromatic amines is 1. The summed E-state index contributed by atoms with van der Waals surface area (Å²) < 4.78 is 0. The number of nitrogens with one attached hydrogen (secondary N) is 2. The molecule has 1 aromatic rings. The molecule has 0 aliphatic carbocycles. The fraction of sp³-hybridized carbons (Fsp3) is 0.857. The zero-order valence-corrected chi connectivity index (χ0v) is 7.54. The van der Waals surface area contributed by atoms with Crippen molar-refractivity contribution in [1.82, 2.24) is 25.9 Å². The molecule has 5 heteroatoms. The number of hydrogen-bond acceptors (Lipinski definition) is 4. The number of tetrazole rings is 1. The van der Waals surface area contributed by atoms with Crippen LogP contribution in [0.4, 0.5) is 0 Å². The first kappa shape index (κ1) is 9.12. The summed E-state index contributed by atoms with van der Waals surface area (Å²) in [5.74, 6) is 0.792. The first-order valence-electron chi connectivity index (χ1n) is 4.24. The van der Waals surface area contributed by atoms with E-state index in [1.54, 1.807) is 0 Å². The van der Waals surface area contributed by atoms with Crippen LogP contribution in [-0.4, -0.2) is 33.2 Å². The van der Waals surface area contributed by atoms with Gasteiger partial charge in [0, 0.05) is 12.5 Å². The summed E-state index contributed by atoms with van der Waals surface area (Å²) in [4.78, 5) is 0. The molecule has 68 valence electrons. The smallest absolute Gasteiger partial charge is 0.174 e. The van der Waals surface area contributed by atoms with Crippen molar-refractivity contribution in [2.24, 2.45) is 0 Å². The monoisotopic (exact) mass is 169 g/mol.